The fourth-order valence-corrected chi connectivity index (χ4v) is 5.73. The number of hydrogen-bond donors (Lipinski definition) is 4. The number of aromatic nitrogens is 5. The van der Waals surface area contributed by atoms with E-state index in [4.69, 9.17) is 4.74 Å². The minimum Gasteiger partial charge on any atom is -0.444 e. The first-order chi connectivity index (χ1) is 22.5. The average Bonchev–Trinajstić information content (AvgIpc) is 3.59. The third-order valence-electron chi connectivity index (χ3n) is 8.25. The predicted octanol–water partition coefficient (Wildman–Crippen LogP) is 5.23. The van der Waals surface area contributed by atoms with Gasteiger partial charge in [0.1, 0.15) is 11.6 Å². The summed E-state index contributed by atoms with van der Waals surface area (Å²) in [6, 6.07) is 18.3. The van der Waals surface area contributed by atoms with Crippen LogP contribution in [0.5, 0.6) is 0 Å². The molecule has 1 fully saturated rings. The first-order valence-electron chi connectivity index (χ1n) is 16.0. The summed E-state index contributed by atoms with van der Waals surface area (Å²) in [5, 5.41) is 22.8. The number of tetrazole rings is 1. The van der Waals surface area contributed by atoms with Crippen molar-refractivity contribution in [1.82, 2.24) is 36.2 Å². The van der Waals surface area contributed by atoms with Crippen molar-refractivity contribution in [3.8, 4) is 22.5 Å². The summed E-state index contributed by atoms with van der Waals surface area (Å²) < 4.78 is 5.34. The third-order valence-corrected chi connectivity index (χ3v) is 8.25. The minimum atomic E-state index is -0.795. The smallest absolute Gasteiger partial charge is 0.407 e. The summed E-state index contributed by atoms with van der Waals surface area (Å²) in [4.78, 5) is 43.6. The van der Waals surface area contributed by atoms with Crippen LogP contribution in [-0.2, 0) is 20.7 Å². The van der Waals surface area contributed by atoms with Crippen molar-refractivity contribution < 1.29 is 19.1 Å². The zero-order valence-electron chi connectivity index (χ0n) is 27.2. The minimum absolute atomic E-state index is 0.140. The van der Waals surface area contributed by atoms with E-state index in [0.717, 1.165) is 40.8 Å². The molecular formula is C35H42N8O4. The van der Waals surface area contributed by atoms with Gasteiger partial charge in [-0.15, -0.1) is 10.2 Å². The highest BCUT2D eigenvalue weighted by Crippen LogP contribution is 2.29. The number of carbonyl (C=O) groups excluding carboxylic acids is 3. The monoisotopic (exact) mass is 638 g/mol. The molecule has 3 amide bonds. The van der Waals surface area contributed by atoms with Gasteiger partial charge in [-0.1, -0.05) is 30.3 Å². The van der Waals surface area contributed by atoms with Crippen molar-refractivity contribution in [1.29, 1.82) is 0 Å². The van der Waals surface area contributed by atoms with Gasteiger partial charge in [-0.2, -0.15) is 5.21 Å². The van der Waals surface area contributed by atoms with Gasteiger partial charge in [0.25, 0.3) is 0 Å². The highest BCUT2D eigenvalue weighted by Gasteiger charge is 2.30. The van der Waals surface area contributed by atoms with Crippen molar-refractivity contribution in [2.45, 2.75) is 71.4 Å². The second-order valence-corrected chi connectivity index (χ2v) is 13.0. The molecule has 47 heavy (non-hydrogen) atoms. The highest BCUT2D eigenvalue weighted by atomic mass is 16.6. The van der Waals surface area contributed by atoms with Crippen LogP contribution in [0.2, 0.25) is 0 Å². The molecule has 1 atom stereocenters. The number of amides is 3. The molecule has 4 aromatic rings. The van der Waals surface area contributed by atoms with Crippen LogP contribution in [0.4, 0.5) is 10.5 Å². The van der Waals surface area contributed by atoms with Crippen molar-refractivity contribution in [3.63, 3.8) is 0 Å². The van der Waals surface area contributed by atoms with E-state index in [1.165, 1.54) is 0 Å². The highest BCUT2D eigenvalue weighted by molar-refractivity contribution is 5.97. The van der Waals surface area contributed by atoms with E-state index in [0.29, 0.717) is 37.3 Å². The van der Waals surface area contributed by atoms with Gasteiger partial charge >= 0.3 is 6.09 Å². The van der Waals surface area contributed by atoms with Crippen LogP contribution in [0, 0.1) is 18.8 Å². The summed E-state index contributed by atoms with van der Waals surface area (Å²) in [5.41, 5.74) is 4.71. The summed E-state index contributed by atoms with van der Waals surface area (Å²) in [7, 11) is 0. The van der Waals surface area contributed by atoms with E-state index < -0.39 is 17.7 Å². The predicted molar refractivity (Wildman–Crippen MR) is 178 cm³/mol. The lowest BCUT2D eigenvalue weighted by Crippen LogP contribution is -2.48. The van der Waals surface area contributed by atoms with Gasteiger partial charge in [0.15, 0.2) is 0 Å². The van der Waals surface area contributed by atoms with E-state index in [2.05, 4.69) is 41.6 Å². The number of hydrogen-bond acceptors (Lipinski definition) is 8. The maximum absolute atomic E-state index is 13.7. The molecule has 4 N–H and O–H groups in total. The molecule has 2 heterocycles. The fourth-order valence-electron chi connectivity index (χ4n) is 5.73. The molecule has 1 saturated carbocycles. The number of aryl methyl sites for hydroxylation is 1. The zero-order valence-corrected chi connectivity index (χ0v) is 27.2. The van der Waals surface area contributed by atoms with Crippen LogP contribution in [0.15, 0.2) is 66.9 Å². The molecule has 0 aliphatic heterocycles. The van der Waals surface area contributed by atoms with Crippen molar-refractivity contribution >= 4 is 23.6 Å². The number of ether oxygens (including phenoxy) is 1. The number of anilines is 1. The Kier molecular flexibility index (Phi) is 10.6. The molecular weight excluding hydrogens is 596 g/mol. The lowest BCUT2D eigenvalue weighted by molar-refractivity contribution is -0.130. The Hall–Kier alpha value is -5.13. The molecule has 246 valence electrons. The number of carbonyl (C=O) groups is 3. The average molecular weight is 639 g/mol. The Balaban J connectivity index is 1.23. The SMILES string of the molecule is Cc1ncccc1-c1ccc(C[C@H](NC(=O)C2CCC(CNC(=O)OC(C)(C)C)CC2)C(=O)Nc2ccc(-c3nn[nH]n3)cc2)cc1. The van der Waals surface area contributed by atoms with Crippen LogP contribution in [0.1, 0.15) is 57.7 Å². The Morgan fingerprint density at radius 3 is 2.30 bits per heavy atom. The Bertz CT molecular complexity index is 1640. The molecule has 12 nitrogen and oxygen atoms in total. The summed E-state index contributed by atoms with van der Waals surface area (Å²) in [5.74, 6) is 0.0523. The molecule has 2 aromatic carbocycles. The second kappa shape index (κ2) is 15.0. The van der Waals surface area contributed by atoms with Gasteiger partial charge in [-0.05, 0) is 106 Å². The lowest BCUT2D eigenvalue weighted by Gasteiger charge is -2.29. The van der Waals surface area contributed by atoms with E-state index in [1.54, 1.807) is 30.5 Å². The number of alkyl carbamates (subject to hydrolysis) is 1. The molecule has 0 saturated heterocycles. The molecule has 1 aliphatic rings. The molecule has 2 aromatic heterocycles. The number of pyridine rings is 1. The topological polar surface area (TPSA) is 164 Å². The maximum atomic E-state index is 13.7. The lowest BCUT2D eigenvalue weighted by atomic mass is 9.81. The summed E-state index contributed by atoms with van der Waals surface area (Å²) in [6.45, 7) is 7.97. The van der Waals surface area contributed by atoms with E-state index >= 15 is 0 Å². The molecule has 0 radical (unpaired) electrons. The Morgan fingerprint density at radius 2 is 1.66 bits per heavy atom. The van der Waals surface area contributed by atoms with Crippen LogP contribution in [0.3, 0.4) is 0 Å². The largest absolute Gasteiger partial charge is 0.444 e. The maximum Gasteiger partial charge on any atom is 0.407 e. The second-order valence-electron chi connectivity index (χ2n) is 13.0. The Labute approximate surface area is 274 Å². The van der Waals surface area contributed by atoms with E-state index in [1.807, 2.05) is 64.1 Å². The number of H-pyrrole nitrogens is 1. The summed E-state index contributed by atoms with van der Waals surface area (Å²) >= 11 is 0. The number of benzene rings is 2. The van der Waals surface area contributed by atoms with Crippen LogP contribution >= 0.6 is 0 Å². The standard InChI is InChI=1S/C35H42N8O4/c1-22-29(6-5-19-36-22)25-11-7-23(8-12-25)20-30(33(45)38-28-17-15-26(16-18-28)31-40-42-43-41-31)39-32(44)27-13-9-24(10-14-27)21-37-34(46)47-35(2,3)4/h5-8,11-12,15-19,24,27,30H,9-10,13-14,20-21H2,1-4H3,(H,37,46)(H,38,45)(H,39,44)(H,40,41,42,43)/t24?,27?,30-/m0/s1. The molecule has 0 spiro atoms. The van der Waals surface area contributed by atoms with E-state index in [-0.39, 0.29) is 23.7 Å². The first-order valence-corrected chi connectivity index (χ1v) is 16.0. The number of rotatable bonds is 10. The Morgan fingerprint density at radius 1 is 0.957 bits per heavy atom. The van der Waals surface area contributed by atoms with E-state index in [9.17, 15) is 14.4 Å². The van der Waals surface area contributed by atoms with Gasteiger partial charge in [0.2, 0.25) is 17.6 Å². The molecule has 12 heteroatoms. The quantitative estimate of drug-likeness (QED) is 0.183. The molecule has 0 bridgehead atoms. The first kappa shape index (κ1) is 33.2. The van der Waals surface area contributed by atoms with Crippen LogP contribution < -0.4 is 16.0 Å². The third kappa shape index (κ3) is 9.44. The van der Waals surface area contributed by atoms with Crippen molar-refractivity contribution in [3.05, 3.63) is 78.1 Å². The molecule has 0 unspecified atom stereocenters. The van der Waals surface area contributed by atoms with Crippen LogP contribution in [-0.4, -0.2) is 61.7 Å². The number of aromatic amines is 1. The van der Waals surface area contributed by atoms with Crippen LogP contribution in [0.25, 0.3) is 22.5 Å². The van der Waals surface area contributed by atoms with Gasteiger partial charge in [-0.25, -0.2) is 4.79 Å². The summed E-state index contributed by atoms with van der Waals surface area (Å²) in [6.07, 6.45) is 4.61. The van der Waals surface area contributed by atoms with Crippen molar-refractivity contribution in [2.24, 2.45) is 11.8 Å². The molecule has 5 rings (SSSR count). The van der Waals surface area contributed by atoms with Gasteiger partial charge < -0.3 is 20.7 Å². The number of nitrogens with zero attached hydrogens (tertiary/aromatic N) is 4. The molecule has 1 aliphatic carbocycles. The zero-order chi connectivity index (χ0) is 33.4. The number of nitrogens with one attached hydrogen (secondary N) is 4. The normalized spacial score (nSPS) is 16.9. The van der Waals surface area contributed by atoms with Crippen molar-refractivity contribution in [2.75, 3.05) is 11.9 Å². The van der Waals surface area contributed by atoms with Gasteiger partial charge in [0, 0.05) is 47.6 Å². The fraction of sp³-hybridized carbons (Fsp3) is 0.400. The van der Waals surface area contributed by atoms with Gasteiger partial charge in [-0.3, -0.25) is 14.6 Å². The van der Waals surface area contributed by atoms with Gasteiger partial charge in [0.05, 0.1) is 0 Å².